The Labute approximate surface area is 120 Å². The van der Waals surface area contributed by atoms with Gasteiger partial charge in [-0.3, -0.25) is 0 Å². The Morgan fingerprint density at radius 1 is 1.30 bits per heavy atom. The Morgan fingerprint density at radius 3 is 2.80 bits per heavy atom. The summed E-state index contributed by atoms with van der Waals surface area (Å²) in [5.41, 5.74) is 2.49. The highest BCUT2D eigenvalue weighted by Gasteiger charge is 2.10. The molecule has 0 fully saturated rings. The van der Waals surface area contributed by atoms with Crippen LogP contribution in [0.3, 0.4) is 0 Å². The predicted molar refractivity (Wildman–Crippen MR) is 80.9 cm³/mol. The summed E-state index contributed by atoms with van der Waals surface area (Å²) < 4.78 is 7.42. The lowest BCUT2D eigenvalue weighted by Gasteiger charge is -2.21. The third kappa shape index (κ3) is 4.10. The topological polar surface area (TPSA) is 39.1 Å². The maximum Gasteiger partial charge on any atom is 0.119 e. The van der Waals surface area contributed by atoms with E-state index >= 15 is 0 Å². The number of hydrogen-bond acceptors (Lipinski definition) is 3. The first-order valence-corrected chi connectivity index (χ1v) is 6.85. The molecule has 0 atom stereocenters. The van der Waals surface area contributed by atoms with E-state index < -0.39 is 0 Å². The molecule has 2 aromatic rings. The lowest BCUT2D eigenvalue weighted by Crippen LogP contribution is -2.35. The fraction of sp³-hybridized carbons (Fsp3) is 0.438. The summed E-state index contributed by atoms with van der Waals surface area (Å²) in [6, 6.07) is 8.13. The quantitative estimate of drug-likeness (QED) is 0.910. The fourth-order valence-corrected chi connectivity index (χ4v) is 1.96. The van der Waals surface area contributed by atoms with Gasteiger partial charge >= 0.3 is 0 Å². The minimum atomic E-state index is 0.102. The van der Waals surface area contributed by atoms with Crippen molar-refractivity contribution in [2.75, 3.05) is 7.11 Å². The van der Waals surface area contributed by atoms with Gasteiger partial charge in [0.15, 0.2) is 0 Å². The van der Waals surface area contributed by atoms with E-state index in [-0.39, 0.29) is 5.54 Å². The average molecular weight is 273 g/mol. The molecular formula is C16H23N3O. The molecule has 20 heavy (non-hydrogen) atoms. The molecule has 108 valence electrons. The Kier molecular flexibility index (Phi) is 4.45. The Bertz CT molecular complexity index is 555. The van der Waals surface area contributed by atoms with Crippen molar-refractivity contribution in [1.82, 2.24) is 14.9 Å². The zero-order valence-electron chi connectivity index (χ0n) is 12.7. The Hall–Kier alpha value is -1.81. The van der Waals surface area contributed by atoms with E-state index in [9.17, 15) is 0 Å². The van der Waals surface area contributed by atoms with Gasteiger partial charge in [0.1, 0.15) is 5.75 Å². The first-order valence-electron chi connectivity index (χ1n) is 6.85. The number of methoxy groups -OCH3 is 1. The minimum absolute atomic E-state index is 0.102. The van der Waals surface area contributed by atoms with Crippen LogP contribution in [-0.2, 0) is 13.1 Å². The van der Waals surface area contributed by atoms with E-state index in [1.54, 1.807) is 7.11 Å². The van der Waals surface area contributed by atoms with Crippen LogP contribution in [0.1, 0.15) is 32.0 Å². The van der Waals surface area contributed by atoms with Crippen molar-refractivity contribution in [1.29, 1.82) is 0 Å². The van der Waals surface area contributed by atoms with E-state index in [4.69, 9.17) is 4.74 Å². The minimum Gasteiger partial charge on any atom is -0.497 e. The largest absolute Gasteiger partial charge is 0.497 e. The van der Waals surface area contributed by atoms with E-state index in [0.717, 1.165) is 18.8 Å². The number of ether oxygens (including phenoxy) is 1. The summed E-state index contributed by atoms with van der Waals surface area (Å²) in [4.78, 5) is 4.25. The fourth-order valence-electron chi connectivity index (χ4n) is 1.96. The summed E-state index contributed by atoms with van der Waals surface area (Å²) in [5.74, 6) is 0.886. The molecule has 0 unspecified atom stereocenters. The average Bonchev–Trinajstić information content (AvgIpc) is 2.83. The molecule has 4 heteroatoms. The molecule has 0 amide bonds. The highest BCUT2D eigenvalue weighted by atomic mass is 16.5. The van der Waals surface area contributed by atoms with Crippen molar-refractivity contribution < 1.29 is 4.74 Å². The van der Waals surface area contributed by atoms with Crippen molar-refractivity contribution in [3.05, 3.63) is 48.0 Å². The van der Waals surface area contributed by atoms with Crippen molar-refractivity contribution in [2.24, 2.45) is 0 Å². The summed E-state index contributed by atoms with van der Waals surface area (Å²) >= 11 is 0. The molecule has 1 heterocycles. The Morgan fingerprint density at radius 2 is 2.10 bits per heavy atom. The van der Waals surface area contributed by atoms with Crippen LogP contribution >= 0.6 is 0 Å². The molecule has 4 nitrogen and oxygen atoms in total. The second kappa shape index (κ2) is 6.09. The van der Waals surface area contributed by atoms with Gasteiger partial charge in [-0.25, -0.2) is 4.98 Å². The van der Waals surface area contributed by atoms with Crippen LogP contribution in [0.2, 0.25) is 0 Å². The van der Waals surface area contributed by atoms with Crippen molar-refractivity contribution in [3.8, 4) is 5.75 Å². The number of imidazole rings is 1. The summed E-state index contributed by atoms with van der Waals surface area (Å²) in [6.07, 6.45) is 3.79. The molecule has 0 radical (unpaired) electrons. The zero-order valence-corrected chi connectivity index (χ0v) is 12.7. The molecule has 0 aliphatic rings. The van der Waals surface area contributed by atoms with E-state index in [1.807, 2.05) is 24.7 Å². The Balaban J connectivity index is 2.08. The number of aromatic nitrogens is 2. The molecule has 0 saturated heterocycles. The van der Waals surface area contributed by atoms with Crippen LogP contribution in [0.15, 0.2) is 36.8 Å². The van der Waals surface area contributed by atoms with Gasteiger partial charge in [0.2, 0.25) is 0 Å². The highest BCUT2D eigenvalue weighted by molar-refractivity contribution is 5.28. The number of benzene rings is 1. The van der Waals surface area contributed by atoms with Gasteiger partial charge in [0.05, 0.1) is 19.1 Å². The second-order valence-electron chi connectivity index (χ2n) is 5.97. The normalized spacial score (nSPS) is 11.6. The summed E-state index contributed by atoms with van der Waals surface area (Å²) in [7, 11) is 1.69. The van der Waals surface area contributed by atoms with Crippen LogP contribution in [0.25, 0.3) is 0 Å². The molecule has 2 rings (SSSR count). The molecule has 0 bridgehead atoms. The lowest BCUT2D eigenvalue weighted by atomic mass is 10.1. The molecule has 1 N–H and O–H groups in total. The van der Waals surface area contributed by atoms with Gasteiger partial charge in [-0.05, 0) is 38.5 Å². The van der Waals surface area contributed by atoms with Crippen molar-refractivity contribution in [2.45, 2.75) is 39.4 Å². The third-order valence-electron chi connectivity index (χ3n) is 3.09. The molecule has 0 spiro atoms. The van der Waals surface area contributed by atoms with E-state index in [1.165, 1.54) is 11.3 Å². The smallest absolute Gasteiger partial charge is 0.119 e. The molecule has 0 aliphatic carbocycles. The van der Waals surface area contributed by atoms with Gasteiger partial charge in [0, 0.05) is 24.8 Å². The summed E-state index contributed by atoms with van der Waals surface area (Å²) in [5, 5.41) is 3.49. The standard InChI is InChI=1S/C16H23N3O/c1-16(2,3)18-10-14-9-17-12-19(14)11-13-6-5-7-15(8-13)20-4/h5-9,12,18H,10-11H2,1-4H3. The van der Waals surface area contributed by atoms with Gasteiger partial charge in [0.25, 0.3) is 0 Å². The molecule has 0 saturated carbocycles. The van der Waals surface area contributed by atoms with Crippen LogP contribution in [0.5, 0.6) is 5.75 Å². The number of nitrogens with zero attached hydrogens (tertiary/aromatic N) is 2. The lowest BCUT2D eigenvalue weighted by molar-refractivity contribution is 0.413. The van der Waals surface area contributed by atoms with E-state index in [2.05, 4.69) is 47.8 Å². The molecular weight excluding hydrogens is 250 g/mol. The molecule has 1 aromatic carbocycles. The van der Waals surface area contributed by atoms with Gasteiger partial charge in [-0.2, -0.15) is 0 Å². The van der Waals surface area contributed by atoms with Gasteiger partial charge in [-0.1, -0.05) is 12.1 Å². The van der Waals surface area contributed by atoms with Crippen molar-refractivity contribution in [3.63, 3.8) is 0 Å². The molecule has 1 aromatic heterocycles. The second-order valence-corrected chi connectivity index (χ2v) is 5.97. The van der Waals surface area contributed by atoms with Gasteiger partial charge < -0.3 is 14.6 Å². The molecule has 0 aliphatic heterocycles. The number of rotatable bonds is 5. The van der Waals surface area contributed by atoms with Crippen molar-refractivity contribution >= 4 is 0 Å². The van der Waals surface area contributed by atoms with E-state index in [0.29, 0.717) is 0 Å². The first-order chi connectivity index (χ1) is 9.48. The highest BCUT2D eigenvalue weighted by Crippen LogP contribution is 2.14. The van der Waals surface area contributed by atoms with Gasteiger partial charge in [-0.15, -0.1) is 0 Å². The SMILES string of the molecule is COc1cccc(Cn2cncc2CNC(C)(C)C)c1. The summed E-state index contributed by atoms with van der Waals surface area (Å²) in [6.45, 7) is 8.10. The predicted octanol–water partition coefficient (Wildman–Crippen LogP) is 2.83. The zero-order chi connectivity index (χ0) is 14.6. The first kappa shape index (κ1) is 14.6. The third-order valence-corrected chi connectivity index (χ3v) is 3.09. The monoisotopic (exact) mass is 273 g/mol. The van der Waals surface area contributed by atoms with Crippen LogP contribution in [-0.4, -0.2) is 22.2 Å². The van der Waals surface area contributed by atoms with Crippen LogP contribution in [0.4, 0.5) is 0 Å². The maximum atomic E-state index is 5.26. The maximum absolute atomic E-state index is 5.26. The van der Waals surface area contributed by atoms with Crippen LogP contribution < -0.4 is 10.1 Å². The number of hydrogen-bond donors (Lipinski definition) is 1. The van der Waals surface area contributed by atoms with Crippen LogP contribution in [0, 0.1) is 0 Å². The number of nitrogens with one attached hydrogen (secondary N) is 1.